The Morgan fingerprint density at radius 3 is 2.61 bits per heavy atom. The second kappa shape index (κ2) is 7.51. The lowest BCUT2D eigenvalue weighted by Gasteiger charge is -2.27. The van der Waals surface area contributed by atoms with Crippen molar-refractivity contribution in [3.63, 3.8) is 0 Å². The minimum atomic E-state index is 0. The van der Waals surface area contributed by atoms with Gasteiger partial charge in [-0.2, -0.15) is 0 Å². The van der Waals surface area contributed by atoms with Crippen LogP contribution < -0.4 is 10.6 Å². The van der Waals surface area contributed by atoms with Gasteiger partial charge in [-0.25, -0.2) is 0 Å². The lowest BCUT2D eigenvalue weighted by atomic mass is 10.0. The number of aromatic hydroxyl groups is 1. The standard InChI is InChI=1S/C12H16N2O2S.ClH/c15-10-1-3-11(4-2-10)17-8-12(16)14-7-9-5-13-6-9;/h1-4,9,13,15H,5-8H2,(H,14,16);1H. The average Bonchev–Trinajstić information content (AvgIpc) is 2.26. The Morgan fingerprint density at radius 2 is 2.06 bits per heavy atom. The first kappa shape index (κ1) is 15.1. The van der Waals surface area contributed by atoms with E-state index in [1.54, 1.807) is 12.1 Å². The summed E-state index contributed by atoms with van der Waals surface area (Å²) in [5.41, 5.74) is 0. The highest BCUT2D eigenvalue weighted by atomic mass is 35.5. The van der Waals surface area contributed by atoms with Gasteiger partial charge in [0.15, 0.2) is 0 Å². The van der Waals surface area contributed by atoms with Crippen molar-refractivity contribution in [2.45, 2.75) is 4.90 Å². The summed E-state index contributed by atoms with van der Waals surface area (Å²) in [6.07, 6.45) is 0. The molecule has 1 saturated heterocycles. The van der Waals surface area contributed by atoms with Crippen molar-refractivity contribution in [3.05, 3.63) is 24.3 Å². The summed E-state index contributed by atoms with van der Waals surface area (Å²) in [4.78, 5) is 12.5. The van der Waals surface area contributed by atoms with Gasteiger partial charge in [0, 0.05) is 30.4 Å². The number of phenolic OH excluding ortho intramolecular Hbond substituents is 1. The molecule has 0 radical (unpaired) electrons. The van der Waals surface area contributed by atoms with Gasteiger partial charge < -0.3 is 15.7 Å². The van der Waals surface area contributed by atoms with Gasteiger partial charge in [-0.05, 0) is 24.3 Å². The number of nitrogens with one attached hydrogen (secondary N) is 2. The Labute approximate surface area is 117 Å². The van der Waals surface area contributed by atoms with Crippen molar-refractivity contribution in [2.75, 3.05) is 25.4 Å². The molecule has 100 valence electrons. The van der Waals surface area contributed by atoms with E-state index in [2.05, 4.69) is 10.6 Å². The van der Waals surface area contributed by atoms with Crippen LogP contribution in [0.3, 0.4) is 0 Å². The molecule has 0 spiro atoms. The van der Waals surface area contributed by atoms with Crippen molar-refractivity contribution in [1.29, 1.82) is 0 Å². The third-order valence-electron chi connectivity index (χ3n) is 2.66. The molecule has 0 unspecified atom stereocenters. The Balaban J connectivity index is 0.00000162. The van der Waals surface area contributed by atoms with Crippen molar-refractivity contribution in [2.24, 2.45) is 5.92 Å². The van der Waals surface area contributed by atoms with Crippen LogP contribution in [0.2, 0.25) is 0 Å². The molecule has 6 heteroatoms. The molecular formula is C12H17ClN2O2S. The van der Waals surface area contributed by atoms with E-state index in [9.17, 15) is 4.79 Å². The number of hydrogen-bond acceptors (Lipinski definition) is 4. The average molecular weight is 289 g/mol. The number of benzene rings is 1. The fourth-order valence-corrected chi connectivity index (χ4v) is 2.22. The monoisotopic (exact) mass is 288 g/mol. The smallest absolute Gasteiger partial charge is 0.230 e. The molecule has 0 bridgehead atoms. The highest BCUT2D eigenvalue weighted by Crippen LogP contribution is 2.20. The van der Waals surface area contributed by atoms with E-state index in [1.165, 1.54) is 11.8 Å². The van der Waals surface area contributed by atoms with Crippen molar-refractivity contribution < 1.29 is 9.90 Å². The van der Waals surface area contributed by atoms with Crippen LogP contribution in [0, 0.1) is 5.92 Å². The molecule has 0 aliphatic carbocycles. The van der Waals surface area contributed by atoms with E-state index in [1.807, 2.05) is 12.1 Å². The summed E-state index contributed by atoms with van der Waals surface area (Å²) >= 11 is 1.48. The number of rotatable bonds is 5. The summed E-state index contributed by atoms with van der Waals surface area (Å²) < 4.78 is 0. The number of carbonyl (C=O) groups is 1. The van der Waals surface area contributed by atoms with Crippen LogP contribution in [0.4, 0.5) is 0 Å². The maximum Gasteiger partial charge on any atom is 0.230 e. The molecule has 1 aliphatic heterocycles. The number of phenols is 1. The van der Waals surface area contributed by atoms with Crippen LogP contribution in [0.5, 0.6) is 5.75 Å². The lowest BCUT2D eigenvalue weighted by Crippen LogP contribution is -2.48. The van der Waals surface area contributed by atoms with E-state index in [0.717, 1.165) is 24.5 Å². The minimum absolute atomic E-state index is 0. The van der Waals surface area contributed by atoms with Crippen molar-refractivity contribution in [1.82, 2.24) is 10.6 Å². The molecule has 1 aromatic carbocycles. The van der Waals surface area contributed by atoms with Gasteiger partial charge in [0.05, 0.1) is 5.75 Å². The number of hydrogen-bond donors (Lipinski definition) is 3. The largest absolute Gasteiger partial charge is 0.508 e. The van der Waals surface area contributed by atoms with Crippen LogP contribution in [0.15, 0.2) is 29.2 Å². The Kier molecular flexibility index (Phi) is 6.32. The van der Waals surface area contributed by atoms with E-state index >= 15 is 0 Å². The van der Waals surface area contributed by atoms with E-state index in [-0.39, 0.29) is 24.1 Å². The molecule has 3 N–H and O–H groups in total. The first-order valence-electron chi connectivity index (χ1n) is 5.63. The topological polar surface area (TPSA) is 61.4 Å². The van der Waals surface area contributed by atoms with E-state index in [0.29, 0.717) is 11.7 Å². The summed E-state index contributed by atoms with van der Waals surface area (Å²) in [6, 6.07) is 6.87. The van der Waals surface area contributed by atoms with Crippen LogP contribution in [-0.4, -0.2) is 36.4 Å². The molecule has 4 nitrogen and oxygen atoms in total. The molecule has 1 aliphatic rings. The third-order valence-corrected chi connectivity index (χ3v) is 3.67. The molecule has 2 rings (SSSR count). The van der Waals surface area contributed by atoms with E-state index < -0.39 is 0 Å². The molecule has 18 heavy (non-hydrogen) atoms. The van der Waals surface area contributed by atoms with E-state index in [4.69, 9.17) is 5.11 Å². The van der Waals surface area contributed by atoms with Crippen LogP contribution in [0.1, 0.15) is 0 Å². The minimum Gasteiger partial charge on any atom is -0.508 e. The molecule has 1 aromatic rings. The number of halogens is 1. The van der Waals surface area contributed by atoms with Gasteiger partial charge in [0.1, 0.15) is 5.75 Å². The second-order valence-corrected chi connectivity index (χ2v) is 5.16. The molecule has 0 aromatic heterocycles. The molecule has 1 fully saturated rings. The SMILES string of the molecule is Cl.O=C(CSc1ccc(O)cc1)NCC1CNC1. The van der Waals surface area contributed by atoms with Gasteiger partial charge in [0.2, 0.25) is 5.91 Å². The molecule has 1 heterocycles. The van der Waals surface area contributed by atoms with Gasteiger partial charge in [-0.15, -0.1) is 24.2 Å². The number of amides is 1. The molecule has 0 saturated carbocycles. The number of carbonyl (C=O) groups excluding carboxylic acids is 1. The molecular weight excluding hydrogens is 272 g/mol. The van der Waals surface area contributed by atoms with Gasteiger partial charge >= 0.3 is 0 Å². The molecule has 1 amide bonds. The third kappa shape index (κ3) is 4.76. The maximum atomic E-state index is 11.5. The van der Waals surface area contributed by atoms with Gasteiger partial charge in [-0.1, -0.05) is 0 Å². The summed E-state index contributed by atoms with van der Waals surface area (Å²) in [7, 11) is 0. The number of thioether (sulfide) groups is 1. The fraction of sp³-hybridized carbons (Fsp3) is 0.417. The summed E-state index contributed by atoms with van der Waals surface area (Å²) in [5.74, 6) is 1.33. The predicted octanol–water partition coefficient (Wildman–Crippen LogP) is 1.24. The van der Waals surface area contributed by atoms with Crippen molar-refractivity contribution in [3.8, 4) is 5.75 Å². The first-order valence-corrected chi connectivity index (χ1v) is 6.62. The van der Waals surface area contributed by atoms with Crippen LogP contribution >= 0.6 is 24.2 Å². The quantitative estimate of drug-likeness (QED) is 0.714. The predicted molar refractivity (Wildman–Crippen MR) is 75.4 cm³/mol. The zero-order chi connectivity index (χ0) is 12.1. The van der Waals surface area contributed by atoms with Crippen LogP contribution in [-0.2, 0) is 4.79 Å². The first-order chi connectivity index (χ1) is 8.24. The lowest BCUT2D eigenvalue weighted by molar-refractivity contribution is -0.118. The van der Waals surface area contributed by atoms with Gasteiger partial charge in [-0.3, -0.25) is 4.79 Å². The zero-order valence-electron chi connectivity index (χ0n) is 9.89. The second-order valence-electron chi connectivity index (χ2n) is 4.11. The highest BCUT2D eigenvalue weighted by Gasteiger charge is 2.16. The summed E-state index contributed by atoms with van der Waals surface area (Å²) in [5, 5.41) is 15.2. The van der Waals surface area contributed by atoms with Crippen LogP contribution in [0.25, 0.3) is 0 Å². The Bertz CT molecular complexity index is 382. The summed E-state index contributed by atoms with van der Waals surface area (Å²) in [6.45, 7) is 2.78. The Morgan fingerprint density at radius 1 is 1.39 bits per heavy atom. The maximum absolute atomic E-state index is 11.5. The fourth-order valence-electron chi connectivity index (χ4n) is 1.49. The molecule has 0 atom stereocenters. The Hall–Kier alpha value is -0.910. The highest BCUT2D eigenvalue weighted by molar-refractivity contribution is 8.00. The van der Waals surface area contributed by atoms with Crippen molar-refractivity contribution >= 4 is 30.1 Å². The normalized spacial score (nSPS) is 14.4. The zero-order valence-corrected chi connectivity index (χ0v) is 11.5. The van der Waals surface area contributed by atoms with Gasteiger partial charge in [0.25, 0.3) is 0 Å².